The molecular formula is C35H49FeP. The number of rotatable bonds is 4. The first kappa shape index (κ1) is 18.5. The molecule has 0 N–H and O–H groups in total. The summed E-state index contributed by atoms with van der Waals surface area (Å²) >= 11 is 0. The van der Waals surface area contributed by atoms with Gasteiger partial charge in [-0.05, 0) is 0 Å². The molecule has 18 aliphatic rings. The van der Waals surface area contributed by atoms with Crippen molar-refractivity contribution < 1.29 is 6.51 Å². The molecule has 0 amide bonds. The van der Waals surface area contributed by atoms with E-state index in [1.54, 1.807) is 64.2 Å². The van der Waals surface area contributed by atoms with E-state index in [2.05, 4.69) is 20.8 Å². The Bertz CT molecular complexity index is 1610. The summed E-state index contributed by atoms with van der Waals surface area (Å²) in [5.74, 6) is 9.64. The van der Waals surface area contributed by atoms with Gasteiger partial charge in [0.1, 0.15) is 0 Å². The van der Waals surface area contributed by atoms with Gasteiger partial charge in [0.25, 0.3) is 0 Å². The van der Waals surface area contributed by atoms with Crippen molar-refractivity contribution in [3.8, 4) is 0 Å². The van der Waals surface area contributed by atoms with Gasteiger partial charge in [0.2, 0.25) is 0 Å². The maximum absolute atomic E-state index is 3.34. The predicted molar refractivity (Wildman–Crippen MR) is 148 cm³/mol. The molecule has 0 radical (unpaired) electrons. The predicted octanol–water partition coefficient (Wildman–Crippen LogP) is 10.3. The molecule has 10 heterocycles. The van der Waals surface area contributed by atoms with E-state index in [4.69, 9.17) is 0 Å². The number of fused-ring (bicyclic) bond motifs is 10. The van der Waals surface area contributed by atoms with E-state index in [1.165, 1.54) is 97.2 Å². The van der Waals surface area contributed by atoms with E-state index < -0.39 is 6.51 Å². The Morgan fingerprint density at radius 1 is 0.595 bits per heavy atom. The van der Waals surface area contributed by atoms with Gasteiger partial charge in [-0.2, -0.15) is 0 Å². The molecule has 18 fully saturated rings. The van der Waals surface area contributed by atoms with Crippen LogP contribution >= 0.6 is 7.92 Å². The average molecular weight is 557 g/mol. The summed E-state index contributed by atoms with van der Waals surface area (Å²) in [4.78, 5) is 12.0. The first-order valence-corrected chi connectivity index (χ1v) is 25.4. The summed E-state index contributed by atoms with van der Waals surface area (Å²) in [6.45, 7) is 5.08. The van der Waals surface area contributed by atoms with Crippen molar-refractivity contribution in [2.75, 3.05) is 6.16 Å². The van der Waals surface area contributed by atoms with Gasteiger partial charge >= 0.3 is 217 Å². The Kier molecular flexibility index (Phi) is 1.37. The van der Waals surface area contributed by atoms with Crippen molar-refractivity contribution in [3.05, 3.63) is 0 Å². The van der Waals surface area contributed by atoms with Crippen molar-refractivity contribution in [1.82, 2.24) is 0 Å². The van der Waals surface area contributed by atoms with Gasteiger partial charge in [0.05, 0.1) is 0 Å². The third kappa shape index (κ3) is 0.485. The molecule has 0 aromatic carbocycles. The number of hydrogen-bond donors (Lipinski definition) is 0. The Morgan fingerprint density at radius 2 is 1.00 bits per heavy atom. The topological polar surface area (TPSA) is 0 Å². The molecule has 2 heteroatoms. The van der Waals surface area contributed by atoms with Crippen LogP contribution in [0.2, 0.25) is 47.2 Å². The minimum absolute atomic E-state index is 0.310. The molecule has 202 valence electrons. The van der Waals surface area contributed by atoms with Gasteiger partial charge in [0, 0.05) is 0 Å². The summed E-state index contributed by atoms with van der Waals surface area (Å²) in [5.41, 5.74) is 3.27. The molecule has 5 unspecified atom stereocenters. The first-order valence-electron chi connectivity index (χ1n) is 17.6. The van der Waals surface area contributed by atoms with Crippen LogP contribution in [0.3, 0.4) is 0 Å². The van der Waals surface area contributed by atoms with Crippen molar-refractivity contribution in [2.45, 2.75) is 143 Å². The van der Waals surface area contributed by atoms with E-state index >= 15 is 0 Å². The Balaban J connectivity index is 0.920. The third-order valence-corrected chi connectivity index (χ3v) is 74.1. The number of hydrogen-bond acceptors (Lipinski definition) is 0. The molecule has 0 nitrogen and oxygen atoms in total. The van der Waals surface area contributed by atoms with Gasteiger partial charge in [-0.3, -0.25) is 0 Å². The van der Waals surface area contributed by atoms with Gasteiger partial charge < -0.3 is 0 Å². The fraction of sp³-hybridized carbons (Fsp3) is 1.00. The van der Waals surface area contributed by atoms with Crippen LogP contribution in [0, 0.1) is 52.8 Å². The normalized spacial score (nSPS) is 94.4. The van der Waals surface area contributed by atoms with Gasteiger partial charge in [-0.25, -0.2) is 0 Å². The zero-order valence-electron chi connectivity index (χ0n) is 23.5. The summed E-state index contributed by atoms with van der Waals surface area (Å²) < 4.78 is 2.24. The fourth-order valence-corrected chi connectivity index (χ4v) is 117. The maximum atomic E-state index is 2.81. The van der Waals surface area contributed by atoms with Crippen LogP contribution in [0.25, 0.3) is 0 Å². The van der Waals surface area contributed by atoms with E-state index in [1.807, 2.05) is 6.16 Å². The minimum atomic E-state index is -3.34. The van der Waals surface area contributed by atoms with Crippen molar-refractivity contribution >= 4 is 7.92 Å². The second-order valence-corrected chi connectivity index (χ2v) is 48.6. The van der Waals surface area contributed by atoms with Crippen LogP contribution in [-0.4, -0.2) is 17.5 Å². The van der Waals surface area contributed by atoms with Crippen molar-refractivity contribution in [1.29, 1.82) is 0 Å². The van der Waals surface area contributed by atoms with E-state index in [9.17, 15) is 0 Å². The molecular weight excluding hydrogens is 507 g/mol. The van der Waals surface area contributed by atoms with E-state index in [-0.39, 0.29) is 0 Å². The van der Waals surface area contributed by atoms with Gasteiger partial charge in [-0.15, -0.1) is 0 Å². The van der Waals surface area contributed by atoms with Crippen LogP contribution in [0.1, 0.15) is 85.0 Å². The molecule has 10 aliphatic heterocycles. The zero-order chi connectivity index (χ0) is 23.6. The molecule has 1 spiro atoms. The standard InChI is InChI=1S/C30H44P.C5H5.Fe/c1-30(2,3)27-5-4-18(16-27)17-31(28-23-8-19-6-20(10-23)11-24(28)9-19)29-25-12-21-7-22(14-25)15-26(29)13-21;1-2-4-5-3-1;/h4-5,16,19-26,28-29H,6-15,17H2,1-3H3;1-5H;. The molecule has 18 rings (SSSR count). The monoisotopic (exact) mass is 556 g/mol. The van der Waals surface area contributed by atoms with Crippen LogP contribution in [0.4, 0.5) is 0 Å². The van der Waals surface area contributed by atoms with Gasteiger partial charge in [-0.1, -0.05) is 0 Å². The Hall–Kier alpha value is 0.949. The van der Waals surface area contributed by atoms with Crippen LogP contribution in [-0.2, 0) is 6.51 Å². The molecule has 8 aliphatic carbocycles. The SMILES string of the molecule is CC(C)(C)[C]12[CH]3[CH]4[C]5(CP(C6C7CC8CC(C7)CC6C8)C6C7CC8CC(C7)CC6C8)[CH]1[Fe]43521678[CH]2[CH]1[CH]6[CH]7[CH]28. The van der Waals surface area contributed by atoms with Crippen LogP contribution in [0.5, 0.6) is 0 Å². The second kappa shape index (κ2) is 2.74. The summed E-state index contributed by atoms with van der Waals surface area (Å²) in [6, 6.07) is 0. The van der Waals surface area contributed by atoms with E-state index in [0.717, 1.165) is 8.63 Å². The van der Waals surface area contributed by atoms with Crippen LogP contribution in [0.15, 0.2) is 0 Å². The Morgan fingerprint density at radius 3 is 1.30 bits per heavy atom. The van der Waals surface area contributed by atoms with Crippen LogP contribution < -0.4 is 0 Å². The zero-order valence-corrected chi connectivity index (χ0v) is 25.5. The first-order chi connectivity index (χ1) is 17.6. The Labute approximate surface area is 216 Å². The molecule has 0 aromatic rings. The van der Waals surface area contributed by atoms with E-state index in [0.29, 0.717) is 13.3 Å². The van der Waals surface area contributed by atoms with Crippen molar-refractivity contribution in [3.63, 3.8) is 0 Å². The van der Waals surface area contributed by atoms with Crippen molar-refractivity contribution in [2.24, 2.45) is 52.8 Å². The van der Waals surface area contributed by atoms with Gasteiger partial charge in [0.15, 0.2) is 0 Å². The summed E-state index contributed by atoms with van der Waals surface area (Å²) in [7, 11) is 0.310. The summed E-state index contributed by atoms with van der Waals surface area (Å²) in [6.07, 6.45) is 19.0. The summed E-state index contributed by atoms with van der Waals surface area (Å²) in [5, 5.41) is 0. The molecule has 8 saturated carbocycles. The molecule has 10 saturated heterocycles. The average Bonchev–Trinajstić information content (AvgIpc) is 3.76. The quantitative estimate of drug-likeness (QED) is 0.239. The molecule has 5 atom stereocenters. The third-order valence-electron chi connectivity index (χ3n) is 25.8. The molecule has 0 aromatic heterocycles. The molecule has 8 bridgehead atoms. The second-order valence-electron chi connectivity index (χ2n) is 22.7. The molecule has 37 heavy (non-hydrogen) atoms. The fourth-order valence-electron chi connectivity index (χ4n) is 29.1.